The van der Waals surface area contributed by atoms with Gasteiger partial charge in [0.25, 0.3) is 0 Å². The summed E-state index contributed by atoms with van der Waals surface area (Å²) in [6.45, 7) is 0. The maximum Gasteiger partial charge on any atom is 0.198 e. The maximum absolute atomic E-state index is 12.4. The number of fused-ring (bicyclic) bond motifs is 1. The third kappa shape index (κ3) is 3.60. The highest BCUT2D eigenvalue weighted by molar-refractivity contribution is 7.91. The van der Waals surface area contributed by atoms with E-state index in [0.717, 1.165) is 10.8 Å². The second-order valence-electron chi connectivity index (χ2n) is 5.07. The Kier molecular flexibility index (Phi) is 4.46. The van der Waals surface area contributed by atoms with Crippen molar-refractivity contribution in [3.63, 3.8) is 0 Å². The van der Waals surface area contributed by atoms with Crippen LogP contribution in [0.3, 0.4) is 0 Å². The van der Waals surface area contributed by atoms with Gasteiger partial charge in [-0.15, -0.1) is 0 Å². The average molecular weight is 344 g/mol. The van der Waals surface area contributed by atoms with Gasteiger partial charge in [-0.05, 0) is 22.9 Å². The van der Waals surface area contributed by atoms with Gasteiger partial charge in [-0.3, -0.25) is 4.99 Å². The molecule has 3 aromatic rings. The minimum absolute atomic E-state index is 0.190. The van der Waals surface area contributed by atoms with E-state index in [9.17, 15) is 8.42 Å². The Hall–Kier alpha value is -2.17. The van der Waals surface area contributed by atoms with Crippen molar-refractivity contribution in [3.8, 4) is 0 Å². The quantitative estimate of drug-likeness (QED) is 0.664. The van der Waals surface area contributed by atoms with Crippen LogP contribution in [0.5, 0.6) is 0 Å². The van der Waals surface area contributed by atoms with E-state index in [2.05, 4.69) is 4.99 Å². The smallest absolute Gasteiger partial charge is 0.198 e. The lowest BCUT2D eigenvalue weighted by molar-refractivity contribution is 0.596. The van der Waals surface area contributed by atoms with Crippen LogP contribution in [0.2, 0.25) is 0 Å². The first-order valence-corrected chi connectivity index (χ1v) is 9.06. The third-order valence-electron chi connectivity index (χ3n) is 3.47. The summed E-state index contributed by atoms with van der Waals surface area (Å²) in [6, 6.07) is 21.8. The number of sulfone groups is 1. The molecule has 0 amide bonds. The lowest BCUT2D eigenvalue weighted by Crippen LogP contribution is -2.06. The zero-order valence-corrected chi connectivity index (χ0v) is 13.8. The summed E-state index contributed by atoms with van der Waals surface area (Å²) in [6.07, 6.45) is 0. The molecule has 23 heavy (non-hydrogen) atoms. The SMILES string of the molecule is O=S(=O)(CN=C(Cl)c1ccccc1)c1ccc2ccccc2c1. The summed E-state index contributed by atoms with van der Waals surface area (Å²) in [5.74, 6) is -0.376. The monoisotopic (exact) mass is 343 g/mol. The zero-order chi connectivity index (χ0) is 16.3. The lowest BCUT2D eigenvalue weighted by Gasteiger charge is -2.04. The molecule has 0 saturated carbocycles. The molecular weight excluding hydrogens is 330 g/mol. The average Bonchev–Trinajstić information content (AvgIpc) is 2.60. The van der Waals surface area contributed by atoms with Gasteiger partial charge in [-0.25, -0.2) is 8.42 Å². The van der Waals surface area contributed by atoms with E-state index >= 15 is 0 Å². The topological polar surface area (TPSA) is 46.5 Å². The molecule has 0 unspecified atom stereocenters. The number of hydrogen-bond donors (Lipinski definition) is 0. The van der Waals surface area contributed by atoms with Crippen molar-refractivity contribution < 1.29 is 8.42 Å². The van der Waals surface area contributed by atoms with Gasteiger partial charge in [0, 0.05) is 5.56 Å². The molecule has 0 atom stereocenters. The van der Waals surface area contributed by atoms with Crippen molar-refractivity contribution in [2.75, 3.05) is 5.88 Å². The molecule has 0 aliphatic rings. The Morgan fingerprint density at radius 1 is 0.870 bits per heavy atom. The van der Waals surface area contributed by atoms with Gasteiger partial charge in [0.1, 0.15) is 11.0 Å². The van der Waals surface area contributed by atoms with E-state index in [-0.39, 0.29) is 15.9 Å². The van der Waals surface area contributed by atoms with Gasteiger partial charge in [-0.2, -0.15) is 0 Å². The molecule has 3 aromatic carbocycles. The van der Waals surface area contributed by atoms with Gasteiger partial charge < -0.3 is 0 Å². The molecule has 3 rings (SSSR count). The third-order valence-corrected chi connectivity index (χ3v) is 5.24. The van der Waals surface area contributed by atoms with Crippen LogP contribution < -0.4 is 0 Å². The molecule has 0 radical (unpaired) electrons. The van der Waals surface area contributed by atoms with E-state index in [1.54, 1.807) is 30.3 Å². The Balaban J connectivity index is 1.88. The van der Waals surface area contributed by atoms with Crippen LogP contribution in [0.15, 0.2) is 82.7 Å². The van der Waals surface area contributed by atoms with Crippen LogP contribution in [0.1, 0.15) is 5.56 Å². The van der Waals surface area contributed by atoms with Crippen molar-refractivity contribution >= 4 is 37.4 Å². The van der Waals surface area contributed by atoms with Crippen LogP contribution in [-0.2, 0) is 9.84 Å². The van der Waals surface area contributed by atoms with E-state index in [1.165, 1.54) is 0 Å². The summed E-state index contributed by atoms with van der Waals surface area (Å²) in [5, 5.41) is 2.07. The molecular formula is C18H14ClNO2S. The Bertz CT molecular complexity index is 966. The van der Waals surface area contributed by atoms with Crippen LogP contribution in [0, 0.1) is 0 Å². The molecule has 0 spiro atoms. The van der Waals surface area contributed by atoms with Crippen molar-refractivity contribution in [1.29, 1.82) is 0 Å². The highest BCUT2D eigenvalue weighted by Gasteiger charge is 2.14. The van der Waals surface area contributed by atoms with E-state index in [4.69, 9.17) is 11.6 Å². The number of rotatable bonds is 4. The van der Waals surface area contributed by atoms with Gasteiger partial charge in [0.2, 0.25) is 0 Å². The predicted octanol–water partition coefficient (Wildman–Crippen LogP) is 4.26. The van der Waals surface area contributed by atoms with Crippen molar-refractivity contribution in [2.45, 2.75) is 4.90 Å². The summed E-state index contributed by atoms with van der Waals surface area (Å²) < 4.78 is 24.9. The molecule has 0 bridgehead atoms. The highest BCUT2D eigenvalue weighted by atomic mass is 35.5. The molecule has 0 fully saturated rings. The number of hydrogen-bond acceptors (Lipinski definition) is 3. The number of nitrogens with zero attached hydrogens (tertiary/aromatic N) is 1. The number of benzene rings is 3. The molecule has 3 nitrogen and oxygen atoms in total. The Morgan fingerprint density at radius 2 is 1.52 bits per heavy atom. The van der Waals surface area contributed by atoms with E-state index < -0.39 is 9.84 Å². The largest absolute Gasteiger partial charge is 0.256 e. The fraction of sp³-hybridized carbons (Fsp3) is 0.0556. The number of aliphatic imine (C=N–C) groups is 1. The van der Waals surface area contributed by atoms with Gasteiger partial charge in [0.15, 0.2) is 9.84 Å². The lowest BCUT2D eigenvalue weighted by atomic mass is 10.1. The second kappa shape index (κ2) is 6.52. The minimum atomic E-state index is -3.53. The summed E-state index contributed by atoms with van der Waals surface area (Å²) >= 11 is 6.08. The first kappa shape index (κ1) is 15.7. The van der Waals surface area contributed by atoms with Gasteiger partial charge >= 0.3 is 0 Å². The molecule has 0 N–H and O–H groups in total. The van der Waals surface area contributed by atoms with Crippen LogP contribution in [0.25, 0.3) is 10.8 Å². The number of halogens is 1. The van der Waals surface area contributed by atoms with Crippen LogP contribution in [0.4, 0.5) is 0 Å². The van der Waals surface area contributed by atoms with E-state index in [1.807, 2.05) is 42.5 Å². The van der Waals surface area contributed by atoms with Crippen molar-refractivity contribution in [2.24, 2.45) is 4.99 Å². The first-order chi connectivity index (χ1) is 11.1. The summed E-state index contributed by atoms with van der Waals surface area (Å²) in [4.78, 5) is 4.26. The summed E-state index contributed by atoms with van der Waals surface area (Å²) in [5.41, 5.74) is 0.697. The standard InChI is InChI=1S/C18H14ClNO2S/c19-18(15-7-2-1-3-8-15)20-13-23(21,22)17-11-10-14-6-4-5-9-16(14)12-17/h1-12H,13H2. The Morgan fingerprint density at radius 3 is 2.26 bits per heavy atom. The second-order valence-corrected chi connectivity index (χ2v) is 7.38. The van der Waals surface area contributed by atoms with Gasteiger partial charge in [-0.1, -0.05) is 72.3 Å². The van der Waals surface area contributed by atoms with E-state index in [0.29, 0.717) is 5.56 Å². The van der Waals surface area contributed by atoms with Crippen LogP contribution in [-0.4, -0.2) is 19.5 Å². The molecule has 0 saturated heterocycles. The molecule has 0 aliphatic heterocycles. The van der Waals surface area contributed by atoms with Crippen molar-refractivity contribution in [1.82, 2.24) is 0 Å². The zero-order valence-electron chi connectivity index (χ0n) is 12.2. The summed E-state index contributed by atoms with van der Waals surface area (Å²) in [7, 11) is -3.53. The molecule has 0 aromatic heterocycles. The molecule has 116 valence electrons. The molecule has 5 heteroatoms. The first-order valence-electron chi connectivity index (χ1n) is 7.03. The fourth-order valence-corrected chi connectivity index (χ4v) is 3.53. The van der Waals surface area contributed by atoms with Crippen molar-refractivity contribution in [3.05, 3.63) is 78.4 Å². The molecule has 0 aliphatic carbocycles. The minimum Gasteiger partial charge on any atom is -0.256 e. The fourth-order valence-electron chi connectivity index (χ4n) is 2.24. The normalized spacial score (nSPS) is 12.5. The predicted molar refractivity (Wildman–Crippen MR) is 94.8 cm³/mol. The van der Waals surface area contributed by atoms with Gasteiger partial charge in [0.05, 0.1) is 4.90 Å². The molecule has 0 heterocycles. The van der Waals surface area contributed by atoms with Crippen LogP contribution >= 0.6 is 11.6 Å². The Labute approximate surface area is 140 Å². The highest BCUT2D eigenvalue weighted by Crippen LogP contribution is 2.20. The maximum atomic E-state index is 12.4.